The number of benzene rings is 1. The molecule has 0 fully saturated rings. The standard InChI is InChI=1S/C27H24F3N7O2/c28-27(29,30)39-23-9-5-6-18(14-23)19-12-20-13-21(33-34-24(20)15-19)7-2-4-11-37-17-25(35-36-37)26(38)32-16-22-8-1-3-10-31-22/h1,3,5-6,8-10,12-14,17H,2,4,7,11,15-16H2,(H,32,38). The summed E-state index contributed by atoms with van der Waals surface area (Å²) in [6.45, 7) is 0.906. The Morgan fingerprint density at radius 3 is 2.74 bits per heavy atom. The molecule has 12 heteroatoms. The Kier molecular flexibility index (Phi) is 7.62. The number of nitrogens with zero attached hydrogens (tertiary/aromatic N) is 6. The van der Waals surface area contributed by atoms with Crippen LogP contribution in [0.5, 0.6) is 5.75 Å². The number of halogens is 3. The number of hydrogen-bond donors (Lipinski definition) is 1. The second-order valence-corrected chi connectivity index (χ2v) is 8.99. The third-order valence-electron chi connectivity index (χ3n) is 6.08. The molecule has 3 aromatic heterocycles. The smallest absolute Gasteiger partial charge is 0.406 e. The monoisotopic (exact) mass is 535 g/mol. The Morgan fingerprint density at radius 2 is 1.92 bits per heavy atom. The van der Waals surface area contributed by atoms with Crippen molar-refractivity contribution in [2.24, 2.45) is 0 Å². The van der Waals surface area contributed by atoms with E-state index >= 15 is 0 Å². The van der Waals surface area contributed by atoms with Crippen molar-refractivity contribution in [2.45, 2.75) is 45.1 Å². The summed E-state index contributed by atoms with van der Waals surface area (Å²) in [7, 11) is 0. The highest BCUT2D eigenvalue weighted by atomic mass is 19.4. The average Bonchev–Trinajstić information content (AvgIpc) is 3.57. The van der Waals surface area contributed by atoms with Crippen LogP contribution in [0.1, 0.15) is 51.5 Å². The first-order valence-corrected chi connectivity index (χ1v) is 12.3. The van der Waals surface area contributed by atoms with Crippen molar-refractivity contribution in [3.05, 3.63) is 94.8 Å². The number of aromatic nitrogens is 6. The lowest BCUT2D eigenvalue weighted by Gasteiger charge is -2.10. The highest BCUT2D eigenvalue weighted by Gasteiger charge is 2.31. The van der Waals surface area contributed by atoms with Gasteiger partial charge in [0.2, 0.25) is 0 Å². The van der Waals surface area contributed by atoms with E-state index in [1.807, 2.05) is 30.3 Å². The van der Waals surface area contributed by atoms with Gasteiger partial charge in [0.15, 0.2) is 5.69 Å². The van der Waals surface area contributed by atoms with Crippen molar-refractivity contribution in [2.75, 3.05) is 0 Å². The van der Waals surface area contributed by atoms with Gasteiger partial charge in [0.1, 0.15) is 5.75 Å². The minimum atomic E-state index is -4.74. The molecular weight excluding hydrogens is 511 g/mol. The maximum Gasteiger partial charge on any atom is 0.573 e. The maximum atomic E-state index is 12.6. The number of fused-ring (bicyclic) bond motifs is 1. The van der Waals surface area contributed by atoms with Gasteiger partial charge in [0.25, 0.3) is 5.91 Å². The van der Waals surface area contributed by atoms with Crippen LogP contribution in [0.15, 0.2) is 60.9 Å². The molecule has 1 amide bonds. The third kappa shape index (κ3) is 7.03. The molecule has 1 aliphatic carbocycles. The first-order valence-electron chi connectivity index (χ1n) is 12.3. The van der Waals surface area contributed by atoms with Gasteiger partial charge < -0.3 is 10.1 Å². The Balaban J connectivity index is 1.10. The summed E-state index contributed by atoms with van der Waals surface area (Å²) in [5.41, 5.74) is 5.03. The summed E-state index contributed by atoms with van der Waals surface area (Å²) in [6.07, 6.45) is 3.27. The molecule has 0 saturated heterocycles. The van der Waals surface area contributed by atoms with E-state index in [-0.39, 0.29) is 17.4 Å². The van der Waals surface area contributed by atoms with Crippen LogP contribution in [0.2, 0.25) is 0 Å². The number of unbranched alkanes of at least 4 members (excludes halogenated alkanes) is 1. The van der Waals surface area contributed by atoms with Crippen LogP contribution in [-0.4, -0.2) is 42.4 Å². The fraction of sp³-hybridized carbons (Fsp3) is 0.259. The molecule has 9 nitrogen and oxygen atoms in total. The van der Waals surface area contributed by atoms with Crippen LogP contribution in [0.4, 0.5) is 13.2 Å². The molecule has 4 aromatic rings. The molecule has 5 rings (SSSR count). The number of hydrogen-bond acceptors (Lipinski definition) is 7. The van der Waals surface area contributed by atoms with Gasteiger partial charge in [-0.15, -0.1) is 18.3 Å². The van der Waals surface area contributed by atoms with Gasteiger partial charge in [0, 0.05) is 24.7 Å². The van der Waals surface area contributed by atoms with Crippen LogP contribution in [0.3, 0.4) is 0 Å². The minimum absolute atomic E-state index is 0.244. The van der Waals surface area contributed by atoms with Crippen molar-refractivity contribution < 1.29 is 22.7 Å². The fourth-order valence-electron chi connectivity index (χ4n) is 4.21. The van der Waals surface area contributed by atoms with E-state index in [4.69, 9.17) is 0 Å². The van der Waals surface area contributed by atoms with E-state index in [0.29, 0.717) is 31.5 Å². The predicted molar refractivity (Wildman–Crippen MR) is 135 cm³/mol. The predicted octanol–water partition coefficient (Wildman–Crippen LogP) is 4.41. The van der Waals surface area contributed by atoms with Gasteiger partial charge in [-0.1, -0.05) is 23.4 Å². The average molecular weight is 536 g/mol. The molecule has 0 saturated carbocycles. The van der Waals surface area contributed by atoms with Gasteiger partial charge >= 0.3 is 6.36 Å². The highest BCUT2D eigenvalue weighted by molar-refractivity contribution is 5.91. The number of ether oxygens (including phenoxy) is 1. The molecule has 1 N–H and O–H groups in total. The van der Waals surface area contributed by atoms with Gasteiger partial charge in [-0.3, -0.25) is 14.5 Å². The van der Waals surface area contributed by atoms with Crippen LogP contribution < -0.4 is 10.1 Å². The van der Waals surface area contributed by atoms with Gasteiger partial charge in [-0.2, -0.15) is 10.2 Å². The minimum Gasteiger partial charge on any atom is -0.406 e. The van der Waals surface area contributed by atoms with Crippen molar-refractivity contribution in [3.8, 4) is 5.75 Å². The molecule has 200 valence electrons. The summed E-state index contributed by atoms with van der Waals surface area (Å²) in [6, 6.07) is 13.4. The Labute approximate surface area is 221 Å². The number of aryl methyl sites for hydroxylation is 2. The second-order valence-electron chi connectivity index (χ2n) is 8.99. The molecule has 0 spiro atoms. The maximum absolute atomic E-state index is 12.6. The van der Waals surface area contributed by atoms with E-state index in [1.165, 1.54) is 18.2 Å². The summed E-state index contributed by atoms with van der Waals surface area (Å²) in [5, 5.41) is 19.4. The molecule has 0 bridgehead atoms. The van der Waals surface area contributed by atoms with Crippen LogP contribution in [-0.2, 0) is 25.9 Å². The summed E-state index contributed by atoms with van der Waals surface area (Å²) < 4.78 is 43.4. The number of carbonyl (C=O) groups excluding carboxylic acids is 1. The zero-order chi connectivity index (χ0) is 27.2. The van der Waals surface area contributed by atoms with Crippen molar-refractivity contribution in [3.63, 3.8) is 0 Å². The lowest BCUT2D eigenvalue weighted by Crippen LogP contribution is -2.23. The second kappa shape index (κ2) is 11.4. The van der Waals surface area contributed by atoms with E-state index in [1.54, 1.807) is 23.1 Å². The lowest BCUT2D eigenvalue weighted by atomic mass is 10.1. The number of carbonyl (C=O) groups is 1. The first-order chi connectivity index (χ1) is 18.8. The molecule has 1 aliphatic rings. The summed E-state index contributed by atoms with van der Waals surface area (Å²) >= 11 is 0. The number of amides is 1. The quantitative estimate of drug-likeness (QED) is 0.300. The molecule has 0 atom stereocenters. The van der Waals surface area contributed by atoms with E-state index in [9.17, 15) is 18.0 Å². The van der Waals surface area contributed by atoms with Crippen LogP contribution in [0, 0.1) is 0 Å². The number of pyridine rings is 1. The third-order valence-corrected chi connectivity index (χ3v) is 6.08. The van der Waals surface area contributed by atoms with Crippen molar-refractivity contribution in [1.29, 1.82) is 0 Å². The van der Waals surface area contributed by atoms with Crippen LogP contribution >= 0.6 is 0 Å². The Hall–Kier alpha value is -4.61. The fourth-order valence-corrected chi connectivity index (χ4v) is 4.21. The van der Waals surface area contributed by atoms with E-state index in [0.717, 1.165) is 41.1 Å². The lowest BCUT2D eigenvalue weighted by molar-refractivity contribution is -0.274. The highest BCUT2D eigenvalue weighted by Crippen LogP contribution is 2.33. The topological polar surface area (TPSA) is 108 Å². The normalized spacial score (nSPS) is 12.6. The van der Waals surface area contributed by atoms with Crippen molar-refractivity contribution in [1.82, 2.24) is 35.5 Å². The van der Waals surface area contributed by atoms with Crippen molar-refractivity contribution >= 4 is 17.6 Å². The summed E-state index contributed by atoms with van der Waals surface area (Å²) in [5.74, 6) is -0.569. The van der Waals surface area contributed by atoms with Gasteiger partial charge in [-0.25, -0.2) is 0 Å². The first kappa shape index (κ1) is 26.0. The summed E-state index contributed by atoms with van der Waals surface area (Å²) in [4.78, 5) is 16.5. The van der Waals surface area contributed by atoms with Crippen LogP contribution in [0.25, 0.3) is 11.6 Å². The molecule has 0 aliphatic heterocycles. The molecule has 39 heavy (non-hydrogen) atoms. The zero-order valence-corrected chi connectivity index (χ0v) is 20.7. The zero-order valence-electron chi connectivity index (χ0n) is 20.7. The van der Waals surface area contributed by atoms with E-state index in [2.05, 4.69) is 35.5 Å². The molecule has 1 aromatic carbocycles. The Morgan fingerprint density at radius 1 is 1.03 bits per heavy atom. The number of alkyl halides is 3. The van der Waals surface area contributed by atoms with Gasteiger partial charge in [0.05, 0.1) is 29.8 Å². The number of allylic oxidation sites excluding steroid dienone is 1. The largest absolute Gasteiger partial charge is 0.573 e. The SMILES string of the molecule is O=C(NCc1ccccn1)c1cn(CCCCc2cc3c(nn2)CC(c2cccc(OC(F)(F)F)c2)=C3)nn1. The number of nitrogens with one attached hydrogen (secondary N) is 1. The molecule has 0 unspecified atom stereocenters. The molecule has 0 radical (unpaired) electrons. The number of rotatable bonds is 10. The molecular formula is C27H24F3N7O2. The molecule has 3 heterocycles. The van der Waals surface area contributed by atoms with E-state index < -0.39 is 6.36 Å². The van der Waals surface area contributed by atoms with Gasteiger partial charge in [-0.05, 0) is 66.8 Å². The Bertz CT molecular complexity index is 1490.